The molecule has 0 spiro atoms. The van der Waals surface area contributed by atoms with Crippen molar-refractivity contribution >= 4 is 16.0 Å². The van der Waals surface area contributed by atoms with Crippen LogP contribution in [0.2, 0.25) is 0 Å². The SMILES string of the molecule is CC1CC(C(=O)O)CCN1S(=O)(=O)c1ccn[nH]1. The molecule has 2 unspecified atom stereocenters. The van der Waals surface area contributed by atoms with Crippen LogP contribution in [0, 0.1) is 5.92 Å². The molecule has 0 aromatic carbocycles. The minimum atomic E-state index is -3.59. The van der Waals surface area contributed by atoms with Crippen molar-refractivity contribution in [2.45, 2.75) is 30.8 Å². The largest absolute Gasteiger partial charge is 0.481 e. The Morgan fingerprint density at radius 2 is 2.33 bits per heavy atom. The molecule has 2 N–H and O–H groups in total. The van der Waals surface area contributed by atoms with Crippen LogP contribution < -0.4 is 0 Å². The maximum atomic E-state index is 12.2. The van der Waals surface area contributed by atoms with E-state index in [0.29, 0.717) is 12.8 Å². The number of hydrogen-bond donors (Lipinski definition) is 2. The zero-order chi connectivity index (χ0) is 13.3. The van der Waals surface area contributed by atoms with E-state index in [0.717, 1.165) is 0 Å². The fourth-order valence-electron chi connectivity index (χ4n) is 2.25. The van der Waals surface area contributed by atoms with E-state index < -0.39 is 21.9 Å². The Hall–Kier alpha value is -1.41. The van der Waals surface area contributed by atoms with Gasteiger partial charge in [0.15, 0.2) is 5.03 Å². The van der Waals surface area contributed by atoms with E-state index in [9.17, 15) is 13.2 Å². The van der Waals surface area contributed by atoms with E-state index in [-0.39, 0.29) is 17.6 Å². The van der Waals surface area contributed by atoms with Crippen molar-refractivity contribution in [3.05, 3.63) is 12.3 Å². The van der Waals surface area contributed by atoms with Crippen LogP contribution in [0.15, 0.2) is 17.3 Å². The number of nitrogens with one attached hydrogen (secondary N) is 1. The molecule has 0 amide bonds. The van der Waals surface area contributed by atoms with Crippen molar-refractivity contribution in [3.63, 3.8) is 0 Å². The van der Waals surface area contributed by atoms with Gasteiger partial charge in [-0.15, -0.1) is 0 Å². The maximum absolute atomic E-state index is 12.2. The van der Waals surface area contributed by atoms with E-state index >= 15 is 0 Å². The monoisotopic (exact) mass is 273 g/mol. The van der Waals surface area contributed by atoms with Gasteiger partial charge in [-0.2, -0.15) is 9.40 Å². The third-order valence-electron chi connectivity index (χ3n) is 3.23. The van der Waals surface area contributed by atoms with Gasteiger partial charge in [0.25, 0.3) is 10.0 Å². The molecule has 1 aromatic rings. The van der Waals surface area contributed by atoms with Gasteiger partial charge in [-0.3, -0.25) is 9.89 Å². The lowest BCUT2D eigenvalue weighted by molar-refractivity contribution is -0.143. The highest BCUT2D eigenvalue weighted by atomic mass is 32.2. The predicted molar refractivity (Wildman–Crippen MR) is 62.3 cm³/mol. The van der Waals surface area contributed by atoms with Gasteiger partial charge >= 0.3 is 5.97 Å². The Morgan fingerprint density at radius 3 is 2.83 bits per heavy atom. The molecule has 1 saturated heterocycles. The van der Waals surface area contributed by atoms with Gasteiger partial charge in [-0.25, -0.2) is 8.42 Å². The lowest BCUT2D eigenvalue weighted by atomic mass is 9.93. The van der Waals surface area contributed by atoms with Crippen molar-refractivity contribution in [3.8, 4) is 0 Å². The number of carboxylic acid groups (broad SMARTS) is 1. The molecule has 2 atom stereocenters. The summed E-state index contributed by atoms with van der Waals surface area (Å²) in [5.74, 6) is -1.33. The summed E-state index contributed by atoms with van der Waals surface area (Å²) in [5, 5.41) is 15.0. The Kier molecular flexibility index (Phi) is 3.40. The molecule has 1 aliphatic rings. The zero-order valence-corrected chi connectivity index (χ0v) is 10.7. The lowest BCUT2D eigenvalue weighted by Crippen LogP contribution is -2.46. The molecule has 0 saturated carbocycles. The third-order valence-corrected chi connectivity index (χ3v) is 5.17. The number of piperidine rings is 1. The molecule has 8 heteroatoms. The predicted octanol–water partition coefficient (Wildman–Crippen LogP) is 0.283. The molecular formula is C10H15N3O4S. The normalized spacial score (nSPS) is 26.1. The van der Waals surface area contributed by atoms with Crippen LogP contribution in [-0.4, -0.2) is 46.6 Å². The Bertz CT molecular complexity index is 525. The number of sulfonamides is 1. The first-order valence-electron chi connectivity index (χ1n) is 5.67. The maximum Gasteiger partial charge on any atom is 0.306 e. The molecule has 7 nitrogen and oxygen atoms in total. The molecule has 18 heavy (non-hydrogen) atoms. The lowest BCUT2D eigenvalue weighted by Gasteiger charge is -2.34. The summed E-state index contributed by atoms with van der Waals surface area (Å²) < 4.78 is 25.8. The average molecular weight is 273 g/mol. The quantitative estimate of drug-likeness (QED) is 0.823. The Morgan fingerprint density at radius 1 is 1.61 bits per heavy atom. The fourth-order valence-corrected chi connectivity index (χ4v) is 3.80. The summed E-state index contributed by atoms with van der Waals surface area (Å²) in [6.45, 7) is 1.95. The van der Waals surface area contributed by atoms with E-state index in [1.54, 1.807) is 6.92 Å². The van der Waals surface area contributed by atoms with E-state index in [4.69, 9.17) is 5.11 Å². The highest BCUT2D eigenvalue weighted by molar-refractivity contribution is 7.89. The number of hydrogen-bond acceptors (Lipinski definition) is 4. The molecule has 1 aromatic heterocycles. The number of aromatic amines is 1. The highest BCUT2D eigenvalue weighted by Gasteiger charge is 2.37. The first-order valence-corrected chi connectivity index (χ1v) is 7.11. The second-order valence-corrected chi connectivity index (χ2v) is 6.30. The fraction of sp³-hybridized carbons (Fsp3) is 0.600. The molecule has 0 aliphatic carbocycles. The van der Waals surface area contributed by atoms with Crippen LogP contribution >= 0.6 is 0 Å². The minimum absolute atomic E-state index is 0.0446. The standard InChI is InChI=1S/C10H15N3O4S/c1-7-6-8(10(14)15)3-5-13(7)18(16,17)9-2-4-11-12-9/h2,4,7-8H,3,5-6H2,1H3,(H,11,12)(H,14,15). The number of H-pyrrole nitrogens is 1. The summed E-state index contributed by atoms with van der Waals surface area (Å²) >= 11 is 0. The number of carboxylic acids is 1. The summed E-state index contributed by atoms with van der Waals surface area (Å²) in [4.78, 5) is 10.9. The van der Waals surface area contributed by atoms with E-state index in [1.807, 2.05) is 0 Å². The van der Waals surface area contributed by atoms with Crippen molar-refractivity contribution in [1.29, 1.82) is 0 Å². The molecular weight excluding hydrogens is 258 g/mol. The van der Waals surface area contributed by atoms with Crippen molar-refractivity contribution in [2.24, 2.45) is 5.92 Å². The second-order valence-electron chi connectivity index (χ2n) is 4.45. The molecule has 1 aliphatic heterocycles. The number of aromatic nitrogens is 2. The van der Waals surface area contributed by atoms with Gasteiger partial charge in [0.2, 0.25) is 0 Å². The van der Waals surface area contributed by atoms with E-state index in [2.05, 4.69) is 10.2 Å². The Labute approximate surface area is 105 Å². The van der Waals surface area contributed by atoms with Crippen molar-refractivity contribution in [1.82, 2.24) is 14.5 Å². The summed E-state index contributed by atoms with van der Waals surface area (Å²) in [5.41, 5.74) is 0. The van der Waals surface area contributed by atoms with Crippen LogP contribution in [0.25, 0.3) is 0 Å². The van der Waals surface area contributed by atoms with Crippen LogP contribution in [0.1, 0.15) is 19.8 Å². The average Bonchev–Trinajstić information content (AvgIpc) is 2.82. The number of nitrogens with zero attached hydrogens (tertiary/aromatic N) is 2. The van der Waals surface area contributed by atoms with E-state index in [1.165, 1.54) is 16.6 Å². The van der Waals surface area contributed by atoms with Crippen LogP contribution in [-0.2, 0) is 14.8 Å². The molecule has 0 radical (unpaired) electrons. The summed E-state index contributed by atoms with van der Waals surface area (Å²) in [7, 11) is -3.59. The van der Waals surface area contributed by atoms with Crippen LogP contribution in [0.4, 0.5) is 0 Å². The van der Waals surface area contributed by atoms with Crippen LogP contribution in [0.3, 0.4) is 0 Å². The molecule has 100 valence electrons. The first kappa shape index (κ1) is 13.0. The minimum Gasteiger partial charge on any atom is -0.481 e. The Balaban J connectivity index is 2.19. The van der Waals surface area contributed by atoms with Gasteiger partial charge in [0.05, 0.1) is 12.1 Å². The van der Waals surface area contributed by atoms with Gasteiger partial charge in [0.1, 0.15) is 0 Å². The van der Waals surface area contributed by atoms with Crippen molar-refractivity contribution in [2.75, 3.05) is 6.54 Å². The first-order chi connectivity index (χ1) is 8.43. The van der Waals surface area contributed by atoms with Gasteiger partial charge < -0.3 is 5.11 Å². The van der Waals surface area contributed by atoms with Crippen LogP contribution in [0.5, 0.6) is 0 Å². The van der Waals surface area contributed by atoms with Gasteiger partial charge in [-0.1, -0.05) is 0 Å². The molecule has 1 fully saturated rings. The molecule has 2 rings (SSSR count). The number of rotatable bonds is 3. The summed E-state index contributed by atoms with van der Waals surface area (Å²) in [6.07, 6.45) is 2.05. The second kappa shape index (κ2) is 4.69. The topological polar surface area (TPSA) is 103 Å². The number of aliphatic carboxylic acids is 1. The highest BCUT2D eigenvalue weighted by Crippen LogP contribution is 2.27. The molecule has 0 bridgehead atoms. The van der Waals surface area contributed by atoms with Gasteiger partial charge in [-0.05, 0) is 25.8 Å². The zero-order valence-electron chi connectivity index (χ0n) is 9.91. The van der Waals surface area contributed by atoms with Gasteiger partial charge in [0, 0.05) is 12.6 Å². The number of carbonyl (C=O) groups is 1. The third kappa shape index (κ3) is 2.25. The molecule has 2 heterocycles. The van der Waals surface area contributed by atoms with Crippen molar-refractivity contribution < 1.29 is 18.3 Å². The smallest absolute Gasteiger partial charge is 0.306 e. The summed E-state index contributed by atoms with van der Waals surface area (Å²) in [6, 6.07) is 1.07.